The molecule has 2 nitrogen and oxygen atoms in total. The molecule has 0 aliphatic heterocycles. The van der Waals surface area contributed by atoms with E-state index in [2.05, 4.69) is 5.32 Å². The number of hydrogen-bond donors (Lipinski definition) is 1. The van der Waals surface area contributed by atoms with Crippen LogP contribution in [0, 0.1) is 5.82 Å². The Morgan fingerprint density at radius 1 is 1.20 bits per heavy atom. The van der Waals surface area contributed by atoms with Crippen LogP contribution in [0.25, 0.3) is 0 Å². The summed E-state index contributed by atoms with van der Waals surface area (Å²) in [5.74, 6) is -0.732. The van der Waals surface area contributed by atoms with Gasteiger partial charge in [-0.25, -0.2) is 4.39 Å². The van der Waals surface area contributed by atoms with Gasteiger partial charge < -0.3 is 5.32 Å². The number of hydrogen-bond acceptors (Lipinski definition) is 1. The Morgan fingerprint density at radius 3 is 2.55 bits per heavy atom. The fourth-order valence-corrected chi connectivity index (χ4v) is 2.35. The monoisotopic (exact) mass is 311 g/mol. The molecule has 0 aliphatic carbocycles. The van der Waals surface area contributed by atoms with Crippen molar-refractivity contribution in [3.05, 3.63) is 69.5 Å². The fourth-order valence-electron chi connectivity index (χ4n) is 1.85. The maximum absolute atomic E-state index is 13.6. The van der Waals surface area contributed by atoms with E-state index < -0.39 is 6.04 Å². The normalized spacial score (nSPS) is 12.0. The van der Waals surface area contributed by atoms with Gasteiger partial charge in [0.05, 0.1) is 16.6 Å². The zero-order chi connectivity index (χ0) is 14.7. The van der Waals surface area contributed by atoms with Crippen molar-refractivity contribution < 1.29 is 9.18 Å². The molecule has 1 amide bonds. The van der Waals surface area contributed by atoms with Crippen LogP contribution >= 0.6 is 23.2 Å². The maximum atomic E-state index is 13.6. The van der Waals surface area contributed by atoms with Crippen LogP contribution in [0.4, 0.5) is 4.39 Å². The lowest BCUT2D eigenvalue weighted by Crippen LogP contribution is -2.27. The second kappa shape index (κ2) is 6.25. The number of carbonyl (C=O) groups excluding carboxylic acids is 1. The van der Waals surface area contributed by atoms with Gasteiger partial charge in [0.1, 0.15) is 5.82 Å². The quantitative estimate of drug-likeness (QED) is 0.880. The van der Waals surface area contributed by atoms with Gasteiger partial charge in [0.2, 0.25) is 0 Å². The minimum Gasteiger partial charge on any atom is -0.345 e. The fraction of sp³-hybridized carbons (Fsp3) is 0.133. The van der Waals surface area contributed by atoms with Gasteiger partial charge in [0, 0.05) is 10.6 Å². The Hall–Kier alpha value is -1.58. The highest BCUT2D eigenvalue weighted by atomic mass is 35.5. The average molecular weight is 312 g/mol. The van der Waals surface area contributed by atoms with Gasteiger partial charge in [-0.1, -0.05) is 41.4 Å². The Kier molecular flexibility index (Phi) is 4.63. The Balaban J connectivity index is 2.17. The van der Waals surface area contributed by atoms with Gasteiger partial charge >= 0.3 is 0 Å². The first-order chi connectivity index (χ1) is 9.49. The smallest absolute Gasteiger partial charge is 0.253 e. The van der Waals surface area contributed by atoms with E-state index >= 15 is 0 Å². The summed E-state index contributed by atoms with van der Waals surface area (Å²) in [4.78, 5) is 12.1. The Bertz CT molecular complexity index is 646. The van der Waals surface area contributed by atoms with Gasteiger partial charge in [-0.05, 0) is 31.2 Å². The zero-order valence-electron chi connectivity index (χ0n) is 10.7. The highest BCUT2D eigenvalue weighted by molar-refractivity contribution is 6.36. The number of nitrogens with one attached hydrogen (secondary N) is 1. The molecule has 1 N–H and O–H groups in total. The van der Waals surface area contributed by atoms with Crippen molar-refractivity contribution >= 4 is 29.1 Å². The summed E-state index contributed by atoms with van der Waals surface area (Å²) >= 11 is 11.7. The molecule has 2 rings (SSSR count). The minimum absolute atomic E-state index is 0.260. The highest BCUT2D eigenvalue weighted by Crippen LogP contribution is 2.22. The van der Waals surface area contributed by atoms with Crippen molar-refractivity contribution in [3.8, 4) is 0 Å². The maximum Gasteiger partial charge on any atom is 0.253 e. The number of benzene rings is 2. The highest BCUT2D eigenvalue weighted by Gasteiger charge is 2.16. The average Bonchev–Trinajstić information content (AvgIpc) is 2.38. The first kappa shape index (κ1) is 14.8. The summed E-state index contributed by atoms with van der Waals surface area (Å²) in [6, 6.07) is 10.4. The van der Waals surface area contributed by atoms with Crippen molar-refractivity contribution in [2.45, 2.75) is 13.0 Å². The Morgan fingerprint density at radius 2 is 1.90 bits per heavy atom. The zero-order valence-corrected chi connectivity index (χ0v) is 12.2. The molecule has 20 heavy (non-hydrogen) atoms. The minimum atomic E-state index is -0.463. The second-order valence-corrected chi connectivity index (χ2v) is 5.18. The molecule has 0 fully saturated rings. The number of amides is 1. The molecule has 0 spiro atoms. The molecule has 0 saturated heterocycles. The van der Waals surface area contributed by atoms with Crippen molar-refractivity contribution in [2.24, 2.45) is 0 Å². The lowest BCUT2D eigenvalue weighted by atomic mass is 10.1. The lowest BCUT2D eigenvalue weighted by Gasteiger charge is -2.15. The Labute approximate surface area is 126 Å². The SMILES string of the molecule is C[C@@H](NC(=O)c1ccc(Cl)cc1Cl)c1ccccc1F. The van der Waals surface area contributed by atoms with Crippen LogP contribution in [0.5, 0.6) is 0 Å². The van der Waals surface area contributed by atoms with E-state index in [0.717, 1.165) is 0 Å². The van der Waals surface area contributed by atoms with Crippen molar-refractivity contribution in [3.63, 3.8) is 0 Å². The van der Waals surface area contributed by atoms with Crippen LogP contribution in [0.1, 0.15) is 28.9 Å². The predicted octanol–water partition coefficient (Wildman–Crippen LogP) is 4.62. The molecule has 5 heteroatoms. The largest absolute Gasteiger partial charge is 0.345 e. The molecule has 0 unspecified atom stereocenters. The summed E-state index contributed by atoms with van der Waals surface area (Å²) in [5, 5.41) is 3.42. The summed E-state index contributed by atoms with van der Waals surface area (Å²) < 4.78 is 13.6. The number of halogens is 3. The molecule has 2 aromatic rings. The lowest BCUT2D eigenvalue weighted by molar-refractivity contribution is 0.0939. The van der Waals surface area contributed by atoms with Crippen LogP contribution in [0.15, 0.2) is 42.5 Å². The predicted molar refractivity (Wildman–Crippen MR) is 78.7 cm³/mol. The molecule has 2 aromatic carbocycles. The van der Waals surface area contributed by atoms with E-state index in [1.807, 2.05) is 0 Å². The van der Waals surface area contributed by atoms with Crippen LogP contribution in [-0.4, -0.2) is 5.91 Å². The van der Waals surface area contributed by atoms with Gasteiger partial charge in [0.15, 0.2) is 0 Å². The molecule has 0 radical (unpaired) electrons. The summed E-state index contributed by atoms with van der Waals surface area (Å²) in [6.45, 7) is 1.71. The standard InChI is InChI=1S/C15H12Cl2FNO/c1-9(11-4-2-3-5-14(11)18)19-15(20)12-7-6-10(16)8-13(12)17/h2-9H,1H3,(H,19,20)/t9-/m1/s1. The van der Waals surface area contributed by atoms with Gasteiger partial charge in [-0.3, -0.25) is 4.79 Å². The topological polar surface area (TPSA) is 29.1 Å². The molecular formula is C15H12Cl2FNO. The van der Waals surface area contributed by atoms with E-state index in [1.54, 1.807) is 31.2 Å². The third kappa shape index (κ3) is 3.30. The third-order valence-corrected chi connectivity index (χ3v) is 3.44. The van der Waals surface area contributed by atoms with Crippen molar-refractivity contribution in [2.75, 3.05) is 0 Å². The molecule has 1 atom stereocenters. The van der Waals surface area contributed by atoms with Gasteiger partial charge in [0.25, 0.3) is 5.91 Å². The summed E-state index contributed by atoms with van der Waals surface area (Å²) in [7, 11) is 0. The number of rotatable bonds is 3. The molecule has 0 heterocycles. The van der Waals surface area contributed by atoms with E-state index in [1.165, 1.54) is 18.2 Å². The van der Waals surface area contributed by atoms with E-state index in [9.17, 15) is 9.18 Å². The molecule has 0 aliphatic rings. The van der Waals surface area contributed by atoms with Crippen LogP contribution in [-0.2, 0) is 0 Å². The number of carbonyl (C=O) groups is 1. The summed E-state index contributed by atoms with van der Waals surface area (Å²) in [6.07, 6.45) is 0. The third-order valence-electron chi connectivity index (χ3n) is 2.90. The first-order valence-electron chi connectivity index (χ1n) is 5.99. The molecule has 0 saturated carbocycles. The van der Waals surface area contributed by atoms with Gasteiger partial charge in [-0.2, -0.15) is 0 Å². The molecule has 104 valence electrons. The van der Waals surface area contributed by atoms with E-state index in [-0.39, 0.29) is 16.7 Å². The van der Waals surface area contributed by atoms with Crippen molar-refractivity contribution in [1.29, 1.82) is 0 Å². The van der Waals surface area contributed by atoms with Gasteiger partial charge in [-0.15, -0.1) is 0 Å². The van der Waals surface area contributed by atoms with Crippen LogP contribution in [0.3, 0.4) is 0 Å². The second-order valence-electron chi connectivity index (χ2n) is 4.34. The van der Waals surface area contributed by atoms with Crippen molar-refractivity contribution in [1.82, 2.24) is 5.32 Å². The first-order valence-corrected chi connectivity index (χ1v) is 6.75. The summed E-state index contributed by atoms with van der Waals surface area (Å²) in [5.41, 5.74) is 0.727. The van der Waals surface area contributed by atoms with E-state index in [4.69, 9.17) is 23.2 Å². The van der Waals surface area contributed by atoms with Crippen LogP contribution < -0.4 is 5.32 Å². The molecular weight excluding hydrogens is 300 g/mol. The van der Waals surface area contributed by atoms with Crippen LogP contribution in [0.2, 0.25) is 10.0 Å². The molecule has 0 bridgehead atoms. The van der Waals surface area contributed by atoms with E-state index in [0.29, 0.717) is 16.1 Å². The molecule has 0 aromatic heterocycles.